The predicted molar refractivity (Wildman–Crippen MR) is 102 cm³/mol. The lowest BCUT2D eigenvalue weighted by Gasteiger charge is -2.40. The summed E-state index contributed by atoms with van der Waals surface area (Å²) in [6.45, 7) is 10.7. The van der Waals surface area contributed by atoms with Crippen molar-refractivity contribution in [3.63, 3.8) is 0 Å². The zero-order valence-electron chi connectivity index (χ0n) is 17.0. The Bertz CT molecular complexity index is 669. The van der Waals surface area contributed by atoms with Gasteiger partial charge < -0.3 is 14.2 Å². The van der Waals surface area contributed by atoms with E-state index in [2.05, 4.69) is 21.9 Å². The first-order valence-electron chi connectivity index (χ1n) is 10.6. The summed E-state index contributed by atoms with van der Waals surface area (Å²) >= 11 is 0. The van der Waals surface area contributed by atoms with Crippen molar-refractivity contribution < 1.29 is 14.1 Å². The molecule has 6 heteroatoms. The van der Waals surface area contributed by atoms with Crippen LogP contribution in [0.15, 0.2) is 4.52 Å². The first kappa shape index (κ1) is 18.9. The summed E-state index contributed by atoms with van der Waals surface area (Å²) in [7, 11) is 0. The molecule has 0 radical (unpaired) electrons. The van der Waals surface area contributed by atoms with Crippen LogP contribution in [0.1, 0.15) is 62.5 Å². The number of hydrogen-bond acceptors (Lipinski definition) is 5. The van der Waals surface area contributed by atoms with E-state index < -0.39 is 0 Å². The summed E-state index contributed by atoms with van der Waals surface area (Å²) in [4.78, 5) is 18.1. The maximum absolute atomic E-state index is 13.3. The van der Waals surface area contributed by atoms with Crippen LogP contribution in [0, 0.1) is 19.8 Å². The van der Waals surface area contributed by atoms with Gasteiger partial charge in [0.25, 0.3) is 0 Å². The van der Waals surface area contributed by atoms with E-state index in [1.807, 2.05) is 13.8 Å². The average Bonchev–Trinajstić information content (AvgIpc) is 3.29. The van der Waals surface area contributed by atoms with Crippen molar-refractivity contribution in [1.82, 2.24) is 15.0 Å². The number of rotatable bonds is 3. The minimum atomic E-state index is 0.0571. The molecule has 1 spiro atoms. The van der Waals surface area contributed by atoms with Crippen molar-refractivity contribution in [3.05, 3.63) is 17.0 Å². The molecule has 27 heavy (non-hydrogen) atoms. The average molecular weight is 376 g/mol. The number of likely N-dealkylation sites (tertiary alicyclic amines) is 2. The number of nitrogens with zero attached hydrogens (tertiary/aromatic N) is 3. The second-order valence-corrected chi connectivity index (χ2v) is 8.72. The molecular weight excluding hydrogens is 342 g/mol. The molecule has 0 bridgehead atoms. The Hall–Kier alpha value is -1.40. The highest BCUT2D eigenvalue weighted by molar-refractivity contribution is 5.80. The molecule has 3 saturated heterocycles. The SMILES string of the molecule is Cc1noc(C)c1CN1CCC[C@]2(CCCN2C(=O)[C@H]2CCO[C@H]2C)CC1. The van der Waals surface area contributed by atoms with Crippen LogP contribution in [0.25, 0.3) is 0 Å². The standard InChI is InChI=1S/C21H33N3O3/c1-15-19(17(3)27-22-15)14-23-10-4-7-21(9-12-23)8-5-11-24(21)20(25)18-6-13-26-16(18)2/h16,18H,4-14H2,1-3H3/t16-,18-,21-/m0/s1. The monoisotopic (exact) mass is 375 g/mol. The Morgan fingerprint density at radius 1 is 1.19 bits per heavy atom. The van der Waals surface area contributed by atoms with Gasteiger partial charge in [-0.05, 0) is 65.8 Å². The minimum Gasteiger partial charge on any atom is -0.378 e. The van der Waals surface area contributed by atoms with Gasteiger partial charge in [0.05, 0.1) is 17.7 Å². The molecule has 3 fully saturated rings. The molecule has 3 aliphatic heterocycles. The van der Waals surface area contributed by atoms with Crippen molar-refractivity contribution in [2.24, 2.45) is 5.92 Å². The summed E-state index contributed by atoms with van der Waals surface area (Å²) in [5.74, 6) is 1.33. The van der Waals surface area contributed by atoms with E-state index in [1.165, 1.54) is 5.56 Å². The number of carbonyl (C=O) groups excluding carboxylic acids is 1. The summed E-state index contributed by atoms with van der Waals surface area (Å²) in [6.07, 6.45) is 6.58. The maximum Gasteiger partial charge on any atom is 0.228 e. The minimum absolute atomic E-state index is 0.0571. The second-order valence-electron chi connectivity index (χ2n) is 8.72. The molecule has 4 rings (SSSR count). The topological polar surface area (TPSA) is 58.8 Å². The van der Waals surface area contributed by atoms with Crippen LogP contribution in [0.5, 0.6) is 0 Å². The van der Waals surface area contributed by atoms with Gasteiger partial charge in [0, 0.05) is 37.3 Å². The maximum atomic E-state index is 13.3. The van der Waals surface area contributed by atoms with E-state index >= 15 is 0 Å². The second kappa shape index (κ2) is 7.55. The largest absolute Gasteiger partial charge is 0.378 e. The quantitative estimate of drug-likeness (QED) is 0.813. The molecule has 0 aliphatic carbocycles. The smallest absolute Gasteiger partial charge is 0.228 e. The highest BCUT2D eigenvalue weighted by Gasteiger charge is 2.47. The third-order valence-corrected chi connectivity index (χ3v) is 7.13. The Balaban J connectivity index is 1.45. The Kier molecular flexibility index (Phi) is 5.30. The highest BCUT2D eigenvalue weighted by Crippen LogP contribution is 2.40. The fraction of sp³-hybridized carbons (Fsp3) is 0.810. The Morgan fingerprint density at radius 2 is 1.96 bits per heavy atom. The summed E-state index contributed by atoms with van der Waals surface area (Å²) in [6, 6.07) is 0. The van der Waals surface area contributed by atoms with Crippen molar-refractivity contribution >= 4 is 5.91 Å². The van der Waals surface area contributed by atoms with Crippen LogP contribution in [0.4, 0.5) is 0 Å². The van der Waals surface area contributed by atoms with Gasteiger partial charge in [-0.2, -0.15) is 0 Å². The lowest BCUT2D eigenvalue weighted by molar-refractivity contribution is -0.141. The third kappa shape index (κ3) is 3.54. The number of aryl methyl sites for hydroxylation is 2. The van der Waals surface area contributed by atoms with Crippen molar-refractivity contribution in [2.75, 3.05) is 26.2 Å². The fourth-order valence-electron chi connectivity index (χ4n) is 5.40. The lowest BCUT2D eigenvalue weighted by atomic mass is 9.86. The van der Waals surface area contributed by atoms with Gasteiger partial charge in [-0.3, -0.25) is 9.69 Å². The number of aromatic nitrogens is 1. The van der Waals surface area contributed by atoms with Crippen molar-refractivity contribution in [2.45, 2.75) is 77.5 Å². The molecule has 1 aromatic rings. The molecule has 0 saturated carbocycles. The number of amides is 1. The first-order chi connectivity index (χ1) is 13.0. The van der Waals surface area contributed by atoms with Gasteiger partial charge in [0.15, 0.2) is 0 Å². The van der Waals surface area contributed by atoms with Gasteiger partial charge >= 0.3 is 0 Å². The Labute approximate surface area is 162 Å². The molecule has 6 nitrogen and oxygen atoms in total. The van der Waals surface area contributed by atoms with Gasteiger partial charge in [0.1, 0.15) is 5.76 Å². The predicted octanol–water partition coefficient (Wildman–Crippen LogP) is 3.06. The van der Waals surface area contributed by atoms with E-state index in [4.69, 9.17) is 9.26 Å². The molecule has 1 aromatic heterocycles. The van der Waals surface area contributed by atoms with Crippen molar-refractivity contribution in [3.8, 4) is 0 Å². The fourth-order valence-corrected chi connectivity index (χ4v) is 5.40. The van der Waals surface area contributed by atoms with Gasteiger partial charge in [-0.1, -0.05) is 5.16 Å². The van der Waals surface area contributed by atoms with E-state index in [0.717, 1.165) is 82.8 Å². The number of ether oxygens (including phenoxy) is 1. The third-order valence-electron chi connectivity index (χ3n) is 7.13. The zero-order valence-corrected chi connectivity index (χ0v) is 17.0. The molecule has 0 unspecified atom stereocenters. The van der Waals surface area contributed by atoms with E-state index in [9.17, 15) is 4.79 Å². The molecule has 0 aromatic carbocycles. The van der Waals surface area contributed by atoms with Crippen molar-refractivity contribution in [1.29, 1.82) is 0 Å². The van der Waals surface area contributed by atoms with Crippen LogP contribution < -0.4 is 0 Å². The van der Waals surface area contributed by atoms with Gasteiger partial charge in [-0.15, -0.1) is 0 Å². The molecule has 4 heterocycles. The number of hydrogen-bond donors (Lipinski definition) is 0. The zero-order chi connectivity index (χ0) is 19.0. The summed E-state index contributed by atoms with van der Waals surface area (Å²) in [5, 5.41) is 4.10. The molecule has 3 aliphatic rings. The highest BCUT2D eigenvalue weighted by atomic mass is 16.5. The normalized spacial score (nSPS) is 32.3. The van der Waals surface area contributed by atoms with E-state index in [0.29, 0.717) is 5.91 Å². The van der Waals surface area contributed by atoms with Gasteiger partial charge in [0.2, 0.25) is 5.91 Å². The Morgan fingerprint density at radius 3 is 2.63 bits per heavy atom. The number of carbonyl (C=O) groups is 1. The first-order valence-corrected chi connectivity index (χ1v) is 10.6. The van der Waals surface area contributed by atoms with E-state index in [-0.39, 0.29) is 17.6 Å². The molecule has 150 valence electrons. The van der Waals surface area contributed by atoms with E-state index in [1.54, 1.807) is 0 Å². The summed E-state index contributed by atoms with van der Waals surface area (Å²) < 4.78 is 11.0. The molecule has 3 atom stereocenters. The van der Waals surface area contributed by atoms with Crippen LogP contribution in [-0.2, 0) is 16.1 Å². The molecule has 1 amide bonds. The summed E-state index contributed by atoms with van der Waals surface area (Å²) in [5.41, 5.74) is 2.29. The van der Waals surface area contributed by atoms with Gasteiger partial charge in [-0.25, -0.2) is 0 Å². The molecule has 0 N–H and O–H groups in total. The van der Waals surface area contributed by atoms with Crippen LogP contribution >= 0.6 is 0 Å². The van der Waals surface area contributed by atoms with Crippen LogP contribution in [0.2, 0.25) is 0 Å². The van der Waals surface area contributed by atoms with Crippen LogP contribution in [-0.4, -0.2) is 58.7 Å². The molecular formula is C21H33N3O3. The lowest BCUT2D eigenvalue weighted by Crippen LogP contribution is -2.51. The van der Waals surface area contributed by atoms with Crippen LogP contribution in [0.3, 0.4) is 0 Å².